The summed E-state index contributed by atoms with van der Waals surface area (Å²) in [6.45, 7) is 12.1. The molecule has 0 unspecified atom stereocenters. The number of nitrogens with two attached hydrogens (primary N) is 1. The number of rotatable bonds is 20. The van der Waals surface area contributed by atoms with Gasteiger partial charge in [-0.2, -0.15) is 11.8 Å². The highest BCUT2D eigenvalue weighted by Crippen LogP contribution is 2.13. The van der Waals surface area contributed by atoms with E-state index in [2.05, 4.69) is 26.6 Å². The highest BCUT2D eigenvalue weighted by atomic mass is 32.2. The first kappa shape index (κ1) is 39.1. The van der Waals surface area contributed by atoms with E-state index < -0.39 is 72.3 Å². The van der Waals surface area contributed by atoms with E-state index in [4.69, 9.17) is 5.73 Å². The molecule has 0 aromatic rings. The van der Waals surface area contributed by atoms with Crippen molar-refractivity contribution in [3.8, 4) is 0 Å². The summed E-state index contributed by atoms with van der Waals surface area (Å²) in [6, 6.07) is -4.80. The molecule has 42 heavy (non-hydrogen) atoms. The molecule has 0 heterocycles. The first-order chi connectivity index (χ1) is 19.6. The van der Waals surface area contributed by atoms with Gasteiger partial charge in [0.2, 0.25) is 29.5 Å². The standard InChI is InChI=1S/C28H52N6O7S/c1-9-16(5)22(34-27(39)23(17(6)10-2)33-24(36)18(7)29)26(38)30-14-21(35)31-20(13-15(3)4)25(37)32-19(28(40)41)11-12-42-8/h15-20,22-23H,9-14,29H2,1-8H3,(H,30,38)(H,31,35)(H,32,37)(H,33,36)(H,34,39)(H,40,41)/t16-,17-,18-,19-,20-,22-,23-/m0/s1. The Kier molecular flexibility index (Phi) is 18.7. The highest BCUT2D eigenvalue weighted by Gasteiger charge is 2.33. The van der Waals surface area contributed by atoms with Crippen LogP contribution in [0.5, 0.6) is 0 Å². The normalized spacial score (nSPS) is 16.1. The predicted octanol–water partition coefficient (Wildman–Crippen LogP) is 0.365. The van der Waals surface area contributed by atoms with E-state index >= 15 is 0 Å². The number of carbonyl (C=O) groups is 6. The van der Waals surface area contributed by atoms with Crippen LogP contribution < -0.4 is 32.3 Å². The van der Waals surface area contributed by atoms with Gasteiger partial charge >= 0.3 is 5.97 Å². The lowest BCUT2D eigenvalue weighted by Gasteiger charge is -2.29. The van der Waals surface area contributed by atoms with Crippen molar-refractivity contribution in [3.05, 3.63) is 0 Å². The molecule has 5 amide bonds. The maximum absolute atomic E-state index is 13.2. The maximum atomic E-state index is 13.2. The van der Waals surface area contributed by atoms with Crippen molar-refractivity contribution in [1.29, 1.82) is 0 Å². The Morgan fingerprint density at radius 2 is 1.26 bits per heavy atom. The largest absolute Gasteiger partial charge is 0.480 e. The van der Waals surface area contributed by atoms with Crippen LogP contribution in [-0.2, 0) is 28.8 Å². The second-order valence-corrected chi connectivity index (χ2v) is 12.2. The molecule has 14 heteroatoms. The van der Waals surface area contributed by atoms with Gasteiger partial charge in [-0.1, -0.05) is 54.4 Å². The number of nitrogens with one attached hydrogen (secondary N) is 5. The van der Waals surface area contributed by atoms with E-state index in [1.807, 2.05) is 34.0 Å². The Labute approximate surface area is 254 Å². The summed E-state index contributed by atoms with van der Waals surface area (Å²) in [7, 11) is 0. The molecule has 0 saturated carbocycles. The van der Waals surface area contributed by atoms with Gasteiger partial charge < -0.3 is 37.4 Å². The third-order valence-electron chi connectivity index (χ3n) is 7.01. The predicted molar refractivity (Wildman–Crippen MR) is 163 cm³/mol. The molecular formula is C28H52N6O7S. The Morgan fingerprint density at radius 3 is 1.71 bits per heavy atom. The molecule has 13 nitrogen and oxygen atoms in total. The Balaban J connectivity index is 5.51. The molecule has 0 aliphatic heterocycles. The van der Waals surface area contributed by atoms with Gasteiger partial charge in [-0.05, 0) is 49.5 Å². The molecule has 0 aromatic carbocycles. The lowest BCUT2D eigenvalue weighted by atomic mass is 9.94. The third kappa shape index (κ3) is 14.3. The second kappa shape index (κ2) is 20.1. The molecule has 0 aliphatic rings. The zero-order valence-corrected chi connectivity index (χ0v) is 27.1. The van der Waals surface area contributed by atoms with Crippen LogP contribution in [0.4, 0.5) is 0 Å². The Hall–Kier alpha value is -2.87. The molecule has 242 valence electrons. The van der Waals surface area contributed by atoms with Crippen molar-refractivity contribution < 1.29 is 33.9 Å². The minimum absolute atomic E-state index is 0.0105. The monoisotopic (exact) mass is 616 g/mol. The third-order valence-corrected chi connectivity index (χ3v) is 7.65. The van der Waals surface area contributed by atoms with Gasteiger partial charge in [0.05, 0.1) is 12.6 Å². The van der Waals surface area contributed by atoms with Crippen LogP contribution in [0, 0.1) is 17.8 Å². The van der Waals surface area contributed by atoms with E-state index in [1.165, 1.54) is 18.7 Å². The van der Waals surface area contributed by atoms with Gasteiger partial charge in [0.15, 0.2) is 0 Å². The molecule has 0 spiro atoms. The lowest BCUT2D eigenvalue weighted by Crippen LogP contribution is -2.59. The van der Waals surface area contributed by atoms with Crippen LogP contribution in [0.25, 0.3) is 0 Å². The fraction of sp³-hybridized carbons (Fsp3) is 0.786. The number of carboxylic acids is 1. The van der Waals surface area contributed by atoms with Gasteiger partial charge in [-0.3, -0.25) is 24.0 Å². The number of carboxylic acid groups (broad SMARTS) is 1. The molecule has 0 aliphatic carbocycles. The van der Waals surface area contributed by atoms with Gasteiger partial charge in [0, 0.05) is 0 Å². The quantitative estimate of drug-likeness (QED) is 0.101. The average molecular weight is 617 g/mol. The maximum Gasteiger partial charge on any atom is 0.326 e. The SMILES string of the molecule is CC[C@H](C)[C@H](NC(=O)[C@H](C)N)C(=O)N[C@H](C(=O)NCC(=O)N[C@@H](CC(C)C)C(=O)N[C@@H](CCSC)C(=O)O)[C@@H](C)CC. The molecule has 0 bridgehead atoms. The van der Waals surface area contributed by atoms with Crippen LogP contribution in [0.3, 0.4) is 0 Å². The van der Waals surface area contributed by atoms with Crippen molar-refractivity contribution in [2.24, 2.45) is 23.5 Å². The summed E-state index contributed by atoms with van der Waals surface area (Å²) < 4.78 is 0. The Bertz CT molecular complexity index is 917. The average Bonchev–Trinajstić information content (AvgIpc) is 2.93. The smallest absolute Gasteiger partial charge is 0.326 e. The summed E-state index contributed by atoms with van der Waals surface area (Å²) in [6.07, 6.45) is 3.46. The van der Waals surface area contributed by atoms with Crippen LogP contribution >= 0.6 is 11.8 Å². The van der Waals surface area contributed by atoms with Crippen molar-refractivity contribution in [1.82, 2.24) is 26.6 Å². The molecular weight excluding hydrogens is 564 g/mol. The van der Waals surface area contributed by atoms with Crippen LogP contribution in [0.15, 0.2) is 0 Å². The van der Waals surface area contributed by atoms with Crippen molar-refractivity contribution in [2.45, 2.75) is 104 Å². The minimum Gasteiger partial charge on any atom is -0.480 e. The van der Waals surface area contributed by atoms with E-state index in [9.17, 15) is 33.9 Å². The van der Waals surface area contributed by atoms with Gasteiger partial charge in [0.1, 0.15) is 24.2 Å². The van der Waals surface area contributed by atoms with Crippen molar-refractivity contribution in [3.63, 3.8) is 0 Å². The number of hydrogen-bond acceptors (Lipinski definition) is 8. The number of thioether (sulfide) groups is 1. The highest BCUT2D eigenvalue weighted by molar-refractivity contribution is 7.98. The summed E-state index contributed by atoms with van der Waals surface area (Å²) in [5, 5.41) is 22.4. The van der Waals surface area contributed by atoms with Gasteiger partial charge in [-0.25, -0.2) is 4.79 Å². The number of hydrogen-bond donors (Lipinski definition) is 7. The zero-order chi connectivity index (χ0) is 32.6. The first-order valence-electron chi connectivity index (χ1n) is 14.5. The lowest BCUT2D eigenvalue weighted by molar-refractivity contribution is -0.142. The summed E-state index contributed by atoms with van der Waals surface area (Å²) in [5.74, 6) is -4.03. The number of amides is 5. The van der Waals surface area contributed by atoms with Crippen LogP contribution in [0.1, 0.15) is 74.1 Å². The van der Waals surface area contributed by atoms with Crippen LogP contribution in [-0.4, -0.2) is 89.4 Å². The first-order valence-corrected chi connectivity index (χ1v) is 15.9. The molecule has 8 N–H and O–H groups in total. The van der Waals surface area contributed by atoms with E-state index in [0.717, 1.165) is 0 Å². The molecule has 0 radical (unpaired) electrons. The molecule has 0 fully saturated rings. The van der Waals surface area contributed by atoms with Gasteiger partial charge in [-0.15, -0.1) is 0 Å². The second-order valence-electron chi connectivity index (χ2n) is 11.2. The molecule has 0 rings (SSSR count). The van der Waals surface area contributed by atoms with Crippen molar-refractivity contribution >= 4 is 47.3 Å². The fourth-order valence-corrected chi connectivity index (χ4v) is 4.39. The van der Waals surface area contributed by atoms with Crippen molar-refractivity contribution in [2.75, 3.05) is 18.6 Å². The summed E-state index contributed by atoms with van der Waals surface area (Å²) in [4.78, 5) is 75.7. The number of carbonyl (C=O) groups excluding carboxylic acids is 5. The van der Waals surface area contributed by atoms with E-state index in [1.54, 1.807) is 13.8 Å². The summed E-state index contributed by atoms with van der Waals surface area (Å²) in [5.41, 5.74) is 5.65. The number of aliphatic carboxylic acids is 1. The fourth-order valence-electron chi connectivity index (χ4n) is 3.92. The summed E-state index contributed by atoms with van der Waals surface area (Å²) >= 11 is 1.46. The van der Waals surface area contributed by atoms with Crippen LogP contribution in [0.2, 0.25) is 0 Å². The van der Waals surface area contributed by atoms with Gasteiger partial charge in [0.25, 0.3) is 0 Å². The van der Waals surface area contributed by atoms with E-state index in [-0.39, 0.29) is 30.6 Å². The Morgan fingerprint density at radius 1 is 0.738 bits per heavy atom. The molecule has 0 aromatic heterocycles. The minimum atomic E-state index is -1.16. The zero-order valence-electron chi connectivity index (χ0n) is 26.2. The van der Waals surface area contributed by atoms with E-state index in [0.29, 0.717) is 18.6 Å². The molecule has 0 saturated heterocycles. The molecule has 7 atom stereocenters. The topological polar surface area (TPSA) is 209 Å².